The number of alkyl halides is 2. The number of hydrogen-bond acceptors (Lipinski definition) is 3. The molecule has 0 fully saturated rings. The molecule has 0 aliphatic rings. The lowest BCUT2D eigenvalue weighted by Crippen LogP contribution is -2.10. The number of para-hydroxylation sites is 1. The molecule has 0 unspecified atom stereocenters. The maximum Gasteiger partial charge on any atom is 0.387 e. The molecule has 0 saturated heterocycles. The topological polar surface area (TPSA) is 55.0 Å². The van der Waals surface area contributed by atoms with Gasteiger partial charge in [-0.25, -0.2) is 4.98 Å². The van der Waals surface area contributed by atoms with Crippen molar-refractivity contribution in [3.8, 4) is 5.75 Å². The summed E-state index contributed by atoms with van der Waals surface area (Å²) in [7, 11) is 0. The van der Waals surface area contributed by atoms with Crippen LogP contribution < -0.4 is 10.3 Å². The number of rotatable bonds is 4. The van der Waals surface area contributed by atoms with E-state index < -0.39 is 6.61 Å². The van der Waals surface area contributed by atoms with Crippen molar-refractivity contribution in [1.82, 2.24) is 9.97 Å². The van der Waals surface area contributed by atoms with Crippen LogP contribution in [0.3, 0.4) is 0 Å². The smallest absolute Gasteiger partial charge is 0.387 e. The first-order chi connectivity index (χ1) is 11.5. The molecule has 4 nitrogen and oxygen atoms in total. The lowest BCUT2D eigenvalue weighted by atomic mass is 10.2. The van der Waals surface area contributed by atoms with Crippen LogP contribution in [0.25, 0.3) is 22.0 Å². The van der Waals surface area contributed by atoms with Gasteiger partial charge < -0.3 is 9.72 Å². The average Bonchev–Trinajstić information content (AvgIpc) is 2.56. The molecule has 0 atom stereocenters. The lowest BCUT2D eigenvalue weighted by molar-refractivity contribution is -0.0498. The molecule has 0 aliphatic heterocycles. The van der Waals surface area contributed by atoms with Crippen molar-refractivity contribution < 1.29 is 13.5 Å². The molecule has 0 aliphatic carbocycles. The molecule has 1 heterocycles. The first-order valence-corrected chi connectivity index (χ1v) is 7.32. The number of aromatic amines is 1. The Morgan fingerprint density at radius 1 is 1.17 bits per heavy atom. The molecule has 7 heteroatoms. The first kappa shape index (κ1) is 16.1. The third-order valence-electron chi connectivity index (χ3n) is 3.24. The summed E-state index contributed by atoms with van der Waals surface area (Å²) in [5.41, 5.74) is 0.892. The van der Waals surface area contributed by atoms with Gasteiger partial charge in [0.05, 0.1) is 15.9 Å². The van der Waals surface area contributed by atoms with Crippen LogP contribution in [0.15, 0.2) is 53.3 Å². The fraction of sp³-hybridized carbons (Fsp3) is 0.0588. The van der Waals surface area contributed by atoms with Crippen molar-refractivity contribution in [3.05, 3.63) is 70.3 Å². The van der Waals surface area contributed by atoms with Gasteiger partial charge in [0.25, 0.3) is 5.56 Å². The van der Waals surface area contributed by atoms with E-state index in [4.69, 9.17) is 11.6 Å². The molecule has 2 aromatic carbocycles. The largest absolute Gasteiger partial charge is 0.435 e. The Bertz CT molecular complexity index is 953. The van der Waals surface area contributed by atoms with Crippen LogP contribution in [-0.4, -0.2) is 16.6 Å². The quantitative estimate of drug-likeness (QED) is 0.766. The van der Waals surface area contributed by atoms with Crippen molar-refractivity contribution in [3.63, 3.8) is 0 Å². The van der Waals surface area contributed by atoms with Crippen LogP contribution >= 0.6 is 11.6 Å². The standard InChI is InChI=1S/C17H11ClF2N2O2/c18-13(9-10-5-7-11(8-6-10)24-17(19)20)15-21-14-4-2-1-3-12(14)16(23)22-15/h1-9,17H,(H,21,22,23). The average molecular weight is 349 g/mol. The Labute approximate surface area is 140 Å². The zero-order valence-corrected chi connectivity index (χ0v) is 12.9. The maximum atomic E-state index is 12.1. The van der Waals surface area contributed by atoms with Gasteiger partial charge in [-0.05, 0) is 35.9 Å². The zero-order valence-electron chi connectivity index (χ0n) is 12.2. The highest BCUT2D eigenvalue weighted by Crippen LogP contribution is 2.22. The predicted octanol–water partition coefficient (Wildman–Crippen LogP) is 4.26. The Morgan fingerprint density at radius 3 is 2.58 bits per heavy atom. The first-order valence-electron chi connectivity index (χ1n) is 6.94. The van der Waals surface area contributed by atoms with E-state index in [1.54, 1.807) is 42.5 Å². The number of benzene rings is 2. The van der Waals surface area contributed by atoms with Crippen molar-refractivity contribution in [2.45, 2.75) is 6.61 Å². The second-order valence-corrected chi connectivity index (χ2v) is 5.28. The number of H-pyrrole nitrogens is 1. The van der Waals surface area contributed by atoms with Crippen molar-refractivity contribution in [1.29, 1.82) is 0 Å². The fourth-order valence-electron chi connectivity index (χ4n) is 2.16. The molecule has 24 heavy (non-hydrogen) atoms. The molecule has 3 aromatic rings. The normalized spacial score (nSPS) is 11.9. The van der Waals surface area contributed by atoms with E-state index in [0.29, 0.717) is 16.5 Å². The number of nitrogens with one attached hydrogen (secondary N) is 1. The van der Waals surface area contributed by atoms with Gasteiger partial charge in [0.15, 0.2) is 5.82 Å². The van der Waals surface area contributed by atoms with Gasteiger partial charge >= 0.3 is 6.61 Å². The molecule has 0 saturated carbocycles. The SMILES string of the molecule is O=c1[nH]c(C(Cl)=Cc2ccc(OC(F)F)cc2)nc2ccccc12. The van der Waals surface area contributed by atoms with E-state index in [0.717, 1.165) is 0 Å². The summed E-state index contributed by atoms with van der Waals surface area (Å²) >= 11 is 6.21. The van der Waals surface area contributed by atoms with Gasteiger partial charge in [-0.15, -0.1) is 0 Å². The Kier molecular flexibility index (Phi) is 4.57. The van der Waals surface area contributed by atoms with E-state index in [9.17, 15) is 13.6 Å². The summed E-state index contributed by atoms with van der Waals surface area (Å²) in [4.78, 5) is 19.0. The molecule has 1 N–H and O–H groups in total. The van der Waals surface area contributed by atoms with Crippen molar-refractivity contribution in [2.24, 2.45) is 0 Å². The van der Waals surface area contributed by atoms with Crippen LogP contribution in [-0.2, 0) is 0 Å². The summed E-state index contributed by atoms with van der Waals surface area (Å²) in [6, 6.07) is 12.9. The minimum atomic E-state index is -2.87. The van der Waals surface area contributed by atoms with E-state index >= 15 is 0 Å². The van der Waals surface area contributed by atoms with Crippen molar-refractivity contribution in [2.75, 3.05) is 0 Å². The third-order valence-corrected chi connectivity index (χ3v) is 3.53. The Hall–Kier alpha value is -2.73. The number of nitrogens with zero attached hydrogens (tertiary/aromatic N) is 1. The number of ether oxygens (including phenoxy) is 1. The summed E-state index contributed by atoms with van der Waals surface area (Å²) in [6.07, 6.45) is 1.57. The minimum Gasteiger partial charge on any atom is -0.435 e. The monoisotopic (exact) mass is 348 g/mol. The van der Waals surface area contributed by atoms with Gasteiger partial charge in [-0.3, -0.25) is 4.79 Å². The number of fused-ring (bicyclic) bond motifs is 1. The van der Waals surface area contributed by atoms with E-state index in [2.05, 4.69) is 14.7 Å². The summed E-state index contributed by atoms with van der Waals surface area (Å²) in [5.74, 6) is 0.281. The van der Waals surface area contributed by atoms with Gasteiger partial charge in [0, 0.05) is 0 Å². The highest BCUT2D eigenvalue weighted by atomic mass is 35.5. The van der Waals surface area contributed by atoms with Crippen LogP contribution in [0.2, 0.25) is 0 Å². The minimum absolute atomic E-state index is 0.0514. The summed E-state index contributed by atoms with van der Waals surface area (Å²) in [6.45, 7) is -2.87. The second-order valence-electron chi connectivity index (χ2n) is 4.87. The Morgan fingerprint density at radius 2 is 1.88 bits per heavy atom. The molecule has 3 rings (SSSR count). The number of hydrogen-bond donors (Lipinski definition) is 1. The maximum absolute atomic E-state index is 12.1. The predicted molar refractivity (Wildman–Crippen MR) is 89.2 cm³/mol. The molecule has 0 amide bonds. The summed E-state index contributed by atoms with van der Waals surface area (Å²) < 4.78 is 28.5. The molecule has 122 valence electrons. The zero-order chi connectivity index (χ0) is 17.1. The van der Waals surface area contributed by atoms with E-state index in [1.807, 2.05) is 0 Å². The van der Waals surface area contributed by atoms with Gasteiger partial charge in [0.1, 0.15) is 5.75 Å². The van der Waals surface area contributed by atoms with Crippen LogP contribution in [0, 0.1) is 0 Å². The highest BCUT2D eigenvalue weighted by Gasteiger charge is 2.07. The van der Waals surface area contributed by atoms with Crippen LogP contribution in [0.4, 0.5) is 8.78 Å². The van der Waals surface area contributed by atoms with E-state index in [-0.39, 0.29) is 22.2 Å². The summed E-state index contributed by atoms with van der Waals surface area (Å²) in [5, 5.41) is 0.694. The molecule has 0 spiro atoms. The molecular weight excluding hydrogens is 338 g/mol. The molecule has 0 radical (unpaired) electrons. The highest BCUT2D eigenvalue weighted by molar-refractivity contribution is 6.50. The van der Waals surface area contributed by atoms with Crippen LogP contribution in [0.1, 0.15) is 11.4 Å². The van der Waals surface area contributed by atoms with Crippen LogP contribution in [0.5, 0.6) is 5.75 Å². The molecule has 0 bridgehead atoms. The van der Waals surface area contributed by atoms with E-state index in [1.165, 1.54) is 12.1 Å². The third kappa shape index (κ3) is 3.60. The second kappa shape index (κ2) is 6.80. The lowest BCUT2D eigenvalue weighted by Gasteiger charge is -2.05. The molecule has 1 aromatic heterocycles. The van der Waals surface area contributed by atoms with Gasteiger partial charge in [-0.2, -0.15) is 8.78 Å². The fourth-order valence-corrected chi connectivity index (χ4v) is 2.38. The van der Waals surface area contributed by atoms with Gasteiger partial charge in [-0.1, -0.05) is 35.9 Å². The Balaban J connectivity index is 1.92. The van der Waals surface area contributed by atoms with Gasteiger partial charge in [0.2, 0.25) is 0 Å². The number of halogens is 3. The number of aromatic nitrogens is 2. The van der Waals surface area contributed by atoms with Crippen molar-refractivity contribution >= 4 is 33.6 Å². The molecular formula is C17H11ClF2N2O2.